The first kappa shape index (κ1) is 17.7. The second-order valence-corrected chi connectivity index (χ2v) is 7.86. The molecule has 23 heavy (non-hydrogen) atoms. The molecule has 1 saturated carbocycles. The van der Waals surface area contributed by atoms with Crippen molar-refractivity contribution >= 4 is 15.9 Å². The van der Waals surface area contributed by atoms with E-state index in [1.807, 2.05) is 20.8 Å². The fourth-order valence-corrected chi connectivity index (χ4v) is 3.64. The number of hydrogen-bond acceptors (Lipinski definition) is 3. The smallest absolute Gasteiger partial charge is 0.254 e. The maximum atomic E-state index is 12.7. The first-order chi connectivity index (χ1) is 10.7. The first-order valence-corrected chi connectivity index (χ1v) is 9.29. The molecule has 5 nitrogen and oxygen atoms in total. The third-order valence-corrected chi connectivity index (χ3v) is 5.30. The molecule has 126 valence electrons. The van der Waals surface area contributed by atoms with Crippen LogP contribution in [0.2, 0.25) is 0 Å². The second kappa shape index (κ2) is 6.84. The largest absolute Gasteiger partial charge is 0.335 e. The van der Waals surface area contributed by atoms with Gasteiger partial charge in [0, 0.05) is 24.7 Å². The molecule has 0 aliphatic heterocycles. The van der Waals surface area contributed by atoms with E-state index < -0.39 is 10.0 Å². The number of hydrogen-bond donors (Lipinski definition) is 1. The molecule has 1 aliphatic carbocycles. The number of carbonyl (C=O) groups excluding carboxylic acids is 1. The molecule has 0 bridgehead atoms. The van der Waals surface area contributed by atoms with E-state index in [4.69, 9.17) is 0 Å². The quantitative estimate of drug-likeness (QED) is 0.778. The van der Waals surface area contributed by atoms with Gasteiger partial charge in [-0.1, -0.05) is 18.2 Å². The zero-order valence-electron chi connectivity index (χ0n) is 13.9. The maximum Gasteiger partial charge on any atom is 0.254 e. The second-order valence-electron chi connectivity index (χ2n) is 6.15. The summed E-state index contributed by atoms with van der Waals surface area (Å²) < 4.78 is 27.3. The Morgan fingerprint density at radius 2 is 2.04 bits per heavy atom. The van der Waals surface area contributed by atoms with Gasteiger partial charge in [0.1, 0.15) is 0 Å². The zero-order valence-corrected chi connectivity index (χ0v) is 14.7. The van der Waals surface area contributed by atoms with Crippen LogP contribution in [0, 0.1) is 6.92 Å². The number of carbonyl (C=O) groups is 1. The molecule has 0 unspecified atom stereocenters. The number of sulfonamides is 1. The number of benzene rings is 1. The summed E-state index contributed by atoms with van der Waals surface area (Å²) in [5.74, 6) is -0.170. The minimum Gasteiger partial charge on any atom is -0.335 e. The molecule has 1 amide bonds. The van der Waals surface area contributed by atoms with Crippen molar-refractivity contribution in [3.63, 3.8) is 0 Å². The van der Waals surface area contributed by atoms with Gasteiger partial charge in [-0.15, -0.1) is 0 Å². The summed E-state index contributed by atoms with van der Waals surface area (Å²) in [5, 5.41) is 0. The Morgan fingerprint density at radius 3 is 2.57 bits per heavy atom. The van der Waals surface area contributed by atoms with Gasteiger partial charge >= 0.3 is 0 Å². The Morgan fingerprint density at radius 1 is 1.39 bits per heavy atom. The maximum absolute atomic E-state index is 12.7. The highest BCUT2D eigenvalue weighted by molar-refractivity contribution is 7.89. The lowest BCUT2D eigenvalue weighted by atomic mass is 10.1. The average Bonchev–Trinajstić information content (AvgIpc) is 3.27. The fraction of sp³-hybridized carbons (Fsp3) is 0.471. The van der Waals surface area contributed by atoms with E-state index in [0.29, 0.717) is 18.7 Å². The van der Waals surface area contributed by atoms with Crippen LogP contribution in [0.15, 0.2) is 35.2 Å². The molecule has 0 aromatic heterocycles. The van der Waals surface area contributed by atoms with Gasteiger partial charge in [-0.3, -0.25) is 4.79 Å². The lowest BCUT2D eigenvalue weighted by Crippen LogP contribution is -2.33. The molecule has 1 aliphatic rings. The SMILES string of the molecule is C=C(C)CN(CC)C(=O)c1cc(S(=O)(=O)NC2CC2)ccc1C. The molecule has 1 N–H and O–H groups in total. The number of rotatable bonds is 7. The lowest BCUT2D eigenvalue weighted by Gasteiger charge is -2.22. The average molecular weight is 336 g/mol. The number of likely N-dealkylation sites (N-methyl/N-ethyl adjacent to an activating group) is 1. The number of nitrogens with one attached hydrogen (secondary N) is 1. The van der Waals surface area contributed by atoms with Gasteiger partial charge < -0.3 is 4.90 Å². The molecule has 1 aromatic rings. The minimum absolute atomic E-state index is 0.0380. The zero-order chi connectivity index (χ0) is 17.2. The van der Waals surface area contributed by atoms with Crippen molar-refractivity contribution in [1.82, 2.24) is 9.62 Å². The Kier molecular flexibility index (Phi) is 5.26. The van der Waals surface area contributed by atoms with Gasteiger partial charge in [-0.05, 0) is 51.3 Å². The number of nitrogens with zero attached hydrogens (tertiary/aromatic N) is 1. The highest BCUT2D eigenvalue weighted by Gasteiger charge is 2.29. The van der Waals surface area contributed by atoms with Gasteiger partial charge in [0.05, 0.1) is 4.90 Å². The van der Waals surface area contributed by atoms with E-state index in [-0.39, 0.29) is 16.8 Å². The van der Waals surface area contributed by atoms with Crippen LogP contribution >= 0.6 is 0 Å². The van der Waals surface area contributed by atoms with Crippen LogP contribution in [-0.2, 0) is 10.0 Å². The van der Waals surface area contributed by atoms with Gasteiger partial charge in [0.15, 0.2) is 0 Å². The van der Waals surface area contributed by atoms with Crippen LogP contribution in [-0.4, -0.2) is 38.4 Å². The van der Waals surface area contributed by atoms with Gasteiger partial charge in [0.2, 0.25) is 10.0 Å². The molecule has 2 rings (SSSR count). The summed E-state index contributed by atoms with van der Waals surface area (Å²) in [4.78, 5) is 14.5. The fourth-order valence-electron chi connectivity index (χ4n) is 2.31. The highest BCUT2D eigenvalue weighted by Crippen LogP contribution is 2.23. The molecule has 0 saturated heterocycles. The van der Waals surface area contributed by atoms with Crippen molar-refractivity contribution in [2.75, 3.05) is 13.1 Å². The van der Waals surface area contributed by atoms with Crippen molar-refractivity contribution in [3.8, 4) is 0 Å². The number of amides is 1. The normalized spacial score (nSPS) is 14.6. The Hall–Kier alpha value is -1.66. The van der Waals surface area contributed by atoms with E-state index in [1.165, 1.54) is 6.07 Å². The molecule has 1 aromatic carbocycles. The summed E-state index contributed by atoms with van der Waals surface area (Å²) in [5.41, 5.74) is 2.07. The van der Waals surface area contributed by atoms with E-state index in [2.05, 4.69) is 11.3 Å². The number of aryl methyl sites for hydroxylation is 1. The summed E-state index contributed by atoms with van der Waals surface area (Å²) in [6.07, 6.45) is 1.75. The molecular formula is C17H24N2O3S. The summed E-state index contributed by atoms with van der Waals surface area (Å²) in [6.45, 7) is 10.4. The van der Waals surface area contributed by atoms with Crippen LogP contribution in [0.5, 0.6) is 0 Å². The minimum atomic E-state index is -3.56. The van der Waals surface area contributed by atoms with E-state index in [9.17, 15) is 13.2 Å². The molecule has 0 heterocycles. The van der Waals surface area contributed by atoms with Crippen LogP contribution in [0.3, 0.4) is 0 Å². The Balaban J connectivity index is 2.32. The lowest BCUT2D eigenvalue weighted by molar-refractivity contribution is 0.0777. The molecule has 1 fully saturated rings. The van der Waals surface area contributed by atoms with Gasteiger partial charge in [-0.2, -0.15) is 0 Å². The van der Waals surface area contributed by atoms with Crippen LogP contribution in [0.25, 0.3) is 0 Å². The van der Waals surface area contributed by atoms with Crippen LogP contribution in [0.1, 0.15) is 42.6 Å². The molecular weight excluding hydrogens is 312 g/mol. The van der Waals surface area contributed by atoms with Crippen molar-refractivity contribution in [1.29, 1.82) is 0 Å². The molecule has 0 radical (unpaired) electrons. The van der Waals surface area contributed by atoms with Gasteiger partial charge in [0.25, 0.3) is 5.91 Å². The third kappa shape index (κ3) is 4.42. The molecule has 0 atom stereocenters. The monoisotopic (exact) mass is 336 g/mol. The van der Waals surface area contributed by atoms with Crippen LogP contribution in [0.4, 0.5) is 0 Å². The van der Waals surface area contributed by atoms with E-state index in [1.54, 1.807) is 17.0 Å². The summed E-state index contributed by atoms with van der Waals surface area (Å²) >= 11 is 0. The van der Waals surface area contributed by atoms with E-state index >= 15 is 0 Å². The topological polar surface area (TPSA) is 66.5 Å². The Labute approximate surface area is 138 Å². The first-order valence-electron chi connectivity index (χ1n) is 7.81. The highest BCUT2D eigenvalue weighted by atomic mass is 32.2. The predicted octanol–water partition coefficient (Wildman–Crippen LogP) is 2.47. The van der Waals surface area contributed by atoms with Crippen LogP contribution < -0.4 is 4.72 Å². The summed E-state index contributed by atoms with van der Waals surface area (Å²) in [6, 6.07) is 4.74. The molecule has 0 spiro atoms. The summed E-state index contributed by atoms with van der Waals surface area (Å²) in [7, 11) is -3.56. The standard InChI is InChI=1S/C17H24N2O3S/c1-5-19(11-12(2)3)17(20)16-10-15(9-6-13(16)4)23(21,22)18-14-7-8-14/h6,9-10,14,18H,2,5,7-8,11H2,1,3-4H3. The third-order valence-electron chi connectivity index (χ3n) is 3.78. The van der Waals surface area contributed by atoms with Crippen molar-refractivity contribution in [2.24, 2.45) is 0 Å². The Bertz CT molecular complexity index is 721. The van der Waals surface area contributed by atoms with Crippen molar-refractivity contribution in [3.05, 3.63) is 41.5 Å². The van der Waals surface area contributed by atoms with E-state index in [0.717, 1.165) is 24.0 Å². The van der Waals surface area contributed by atoms with Crippen molar-refractivity contribution < 1.29 is 13.2 Å². The molecule has 6 heteroatoms. The van der Waals surface area contributed by atoms with Crippen molar-refractivity contribution in [2.45, 2.75) is 44.6 Å². The predicted molar refractivity (Wildman–Crippen MR) is 90.9 cm³/mol. The van der Waals surface area contributed by atoms with Gasteiger partial charge in [-0.25, -0.2) is 13.1 Å².